The van der Waals surface area contributed by atoms with E-state index in [1.54, 1.807) is 25.1 Å². The summed E-state index contributed by atoms with van der Waals surface area (Å²) < 4.78 is 5.09. The molecule has 0 aliphatic heterocycles. The number of aryl methyl sites for hydroxylation is 1. The van der Waals surface area contributed by atoms with Gasteiger partial charge in [0.25, 0.3) is 5.91 Å². The van der Waals surface area contributed by atoms with Gasteiger partial charge in [-0.2, -0.15) is 4.98 Å². The van der Waals surface area contributed by atoms with Gasteiger partial charge >= 0.3 is 0 Å². The molecule has 0 aliphatic rings. The molecule has 3 aromatic rings. The second-order valence-electron chi connectivity index (χ2n) is 4.84. The van der Waals surface area contributed by atoms with E-state index in [1.165, 1.54) is 18.0 Å². The van der Waals surface area contributed by atoms with Gasteiger partial charge in [0.2, 0.25) is 5.89 Å². The zero-order valence-corrected chi connectivity index (χ0v) is 14.3. The number of thioether (sulfide) groups is 1. The number of anilines is 1. The van der Waals surface area contributed by atoms with Crippen LogP contribution in [0.5, 0.6) is 0 Å². The Balaban J connectivity index is 1.72. The summed E-state index contributed by atoms with van der Waals surface area (Å²) in [6.45, 7) is 1.76. The molecule has 0 spiro atoms. The molecule has 2 aromatic heterocycles. The molecule has 2 heterocycles. The molecule has 0 radical (unpaired) electrons. The molecular formula is C16H13ClN4O2S. The fourth-order valence-electron chi connectivity index (χ4n) is 1.95. The van der Waals surface area contributed by atoms with Gasteiger partial charge in [0.05, 0.1) is 16.3 Å². The number of nitrogens with one attached hydrogen (secondary N) is 1. The van der Waals surface area contributed by atoms with Gasteiger partial charge in [0.1, 0.15) is 5.82 Å². The maximum Gasteiger partial charge on any atom is 0.257 e. The average Bonchev–Trinajstić information content (AvgIpc) is 3.01. The van der Waals surface area contributed by atoms with Crippen molar-refractivity contribution in [2.45, 2.75) is 17.6 Å². The zero-order valence-electron chi connectivity index (χ0n) is 12.7. The quantitative estimate of drug-likeness (QED) is 0.693. The smallest absolute Gasteiger partial charge is 0.257 e. The van der Waals surface area contributed by atoms with E-state index in [0.29, 0.717) is 33.9 Å². The van der Waals surface area contributed by atoms with E-state index >= 15 is 0 Å². The Labute approximate surface area is 147 Å². The number of benzene rings is 1. The van der Waals surface area contributed by atoms with Crippen LogP contribution in [0.15, 0.2) is 52.0 Å². The zero-order chi connectivity index (χ0) is 16.9. The largest absolute Gasteiger partial charge is 0.338 e. The molecule has 122 valence electrons. The summed E-state index contributed by atoms with van der Waals surface area (Å²) in [5, 5.41) is 7.02. The van der Waals surface area contributed by atoms with Crippen LogP contribution in [0.1, 0.15) is 22.1 Å². The lowest BCUT2D eigenvalue weighted by atomic mass is 10.2. The van der Waals surface area contributed by atoms with Crippen LogP contribution in [0.4, 0.5) is 5.82 Å². The summed E-state index contributed by atoms with van der Waals surface area (Å²) in [5.41, 5.74) is 0.551. The Morgan fingerprint density at radius 2 is 2.12 bits per heavy atom. The highest BCUT2D eigenvalue weighted by Crippen LogP contribution is 2.26. The first-order valence-electron chi connectivity index (χ1n) is 7.06. The third kappa shape index (κ3) is 4.12. The molecule has 6 nitrogen and oxygen atoms in total. The standard InChI is InChI=1S/C16H13ClN4O2S/c1-10-19-15(23-21-10)9-24-13-5-3-2-4-12(13)16(22)20-14-7-6-11(17)8-18-14/h2-8H,9H2,1H3,(H,18,20,22). The minimum absolute atomic E-state index is 0.241. The molecule has 1 N–H and O–H groups in total. The molecule has 0 bridgehead atoms. The van der Waals surface area contributed by atoms with Crippen molar-refractivity contribution in [1.29, 1.82) is 0 Å². The van der Waals surface area contributed by atoms with E-state index in [2.05, 4.69) is 20.4 Å². The molecule has 0 fully saturated rings. The molecule has 1 amide bonds. The number of amides is 1. The molecule has 0 atom stereocenters. The minimum Gasteiger partial charge on any atom is -0.338 e. The summed E-state index contributed by atoms with van der Waals surface area (Å²) in [5.74, 6) is 1.80. The minimum atomic E-state index is -0.241. The van der Waals surface area contributed by atoms with Gasteiger partial charge in [-0.25, -0.2) is 4.98 Å². The SMILES string of the molecule is Cc1noc(CSc2ccccc2C(=O)Nc2ccc(Cl)cn2)n1. The van der Waals surface area contributed by atoms with Crippen LogP contribution < -0.4 is 5.32 Å². The number of rotatable bonds is 5. The molecule has 1 aromatic carbocycles. The van der Waals surface area contributed by atoms with Crippen LogP contribution >= 0.6 is 23.4 Å². The molecule has 24 heavy (non-hydrogen) atoms. The molecule has 0 saturated heterocycles. The maximum absolute atomic E-state index is 12.5. The van der Waals surface area contributed by atoms with E-state index in [-0.39, 0.29) is 5.91 Å². The summed E-state index contributed by atoms with van der Waals surface area (Å²) in [4.78, 5) is 21.5. The van der Waals surface area contributed by atoms with Crippen LogP contribution in [0, 0.1) is 6.92 Å². The first-order chi connectivity index (χ1) is 11.6. The lowest BCUT2D eigenvalue weighted by Crippen LogP contribution is -2.13. The van der Waals surface area contributed by atoms with Crippen molar-refractivity contribution in [1.82, 2.24) is 15.1 Å². The van der Waals surface area contributed by atoms with Gasteiger partial charge < -0.3 is 9.84 Å². The lowest BCUT2D eigenvalue weighted by molar-refractivity contribution is 0.102. The Morgan fingerprint density at radius 1 is 1.29 bits per heavy atom. The summed E-state index contributed by atoms with van der Waals surface area (Å²) in [7, 11) is 0. The Bertz CT molecular complexity index is 851. The first-order valence-corrected chi connectivity index (χ1v) is 8.42. The van der Waals surface area contributed by atoms with E-state index in [0.717, 1.165) is 4.90 Å². The van der Waals surface area contributed by atoms with Crippen LogP contribution in [0.3, 0.4) is 0 Å². The summed E-state index contributed by atoms with van der Waals surface area (Å²) >= 11 is 7.25. The molecule has 8 heteroatoms. The highest BCUT2D eigenvalue weighted by atomic mass is 35.5. The first kappa shape index (κ1) is 16.5. The number of hydrogen-bond acceptors (Lipinski definition) is 6. The molecule has 0 saturated carbocycles. The second-order valence-corrected chi connectivity index (χ2v) is 6.29. The number of carbonyl (C=O) groups is 1. The number of pyridine rings is 1. The lowest BCUT2D eigenvalue weighted by Gasteiger charge is -2.08. The van der Waals surface area contributed by atoms with Gasteiger partial charge in [0, 0.05) is 11.1 Å². The predicted molar refractivity (Wildman–Crippen MR) is 92.2 cm³/mol. The third-order valence-electron chi connectivity index (χ3n) is 3.02. The van der Waals surface area contributed by atoms with Crippen molar-refractivity contribution in [3.63, 3.8) is 0 Å². The molecular weight excluding hydrogens is 348 g/mol. The third-order valence-corrected chi connectivity index (χ3v) is 4.30. The molecule has 0 aliphatic carbocycles. The number of hydrogen-bond donors (Lipinski definition) is 1. The summed E-state index contributed by atoms with van der Waals surface area (Å²) in [6.07, 6.45) is 1.48. The van der Waals surface area contributed by atoms with Crippen molar-refractivity contribution in [2.24, 2.45) is 0 Å². The Hall–Kier alpha value is -2.38. The number of aromatic nitrogens is 3. The van der Waals surface area contributed by atoms with Crippen molar-refractivity contribution >= 4 is 35.1 Å². The summed E-state index contributed by atoms with van der Waals surface area (Å²) in [6, 6.07) is 10.6. The number of nitrogens with zero attached hydrogens (tertiary/aromatic N) is 3. The fraction of sp³-hybridized carbons (Fsp3) is 0.125. The Morgan fingerprint density at radius 3 is 2.83 bits per heavy atom. The van der Waals surface area contributed by atoms with Gasteiger partial charge in [-0.3, -0.25) is 4.79 Å². The van der Waals surface area contributed by atoms with E-state index < -0.39 is 0 Å². The van der Waals surface area contributed by atoms with Crippen LogP contribution in [-0.2, 0) is 5.75 Å². The monoisotopic (exact) mass is 360 g/mol. The maximum atomic E-state index is 12.5. The highest BCUT2D eigenvalue weighted by molar-refractivity contribution is 7.98. The van der Waals surface area contributed by atoms with Crippen LogP contribution in [-0.4, -0.2) is 21.0 Å². The van der Waals surface area contributed by atoms with Gasteiger partial charge in [-0.05, 0) is 31.2 Å². The van der Waals surface area contributed by atoms with Gasteiger partial charge in [-0.15, -0.1) is 11.8 Å². The fourth-order valence-corrected chi connectivity index (χ4v) is 2.95. The second kappa shape index (κ2) is 7.46. The van der Waals surface area contributed by atoms with Gasteiger partial charge in [0.15, 0.2) is 5.82 Å². The molecule has 0 unspecified atom stereocenters. The number of halogens is 1. The normalized spacial score (nSPS) is 10.6. The molecule has 3 rings (SSSR count). The van der Waals surface area contributed by atoms with Crippen LogP contribution in [0.25, 0.3) is 0 Å². The topological polar surface area (TPSA) is 80.9 Å². The van der Waals surface area contributed by atoms with E-state index in [1.807, 2.05) is 18.2 Å². The van der Waals surface area contributed by atoms with Crippen LogP contribution in [0.2, 0.25) is 5.02 Å². The van der Waals surface area contributed by atoms with Crippen molar-refractivity contribution in [3.8, 4) is 0 Å². The van der Waals surface area contributed by atoms with Crippen molar-refractivity contribution < 1.29 is 9.32 Å². The van der Waals surface area contributed by atoms with Crippen molar-refractivity contribution in [2.75, 3.05) is 5.32 Å². The predicted octanol–water partition coefficient (Wildman–Crippen LogP) is 3.97. The highest BCUT2D eigenvalue weighted by Gasteiger charge is 2.13. The van der Waals surface area contributed by atoms with Gasteiger partial charge in [-0.1, -0.05) is 28.9 Å². The Kier molecular flexibility index (Phi) is 5.12. The average molecular weight is 361 g/mol. The number of carbonyl (C=O) groups excluding carboxylic acids is 1. The van der Waals surface area contributed by atoms with E-state index in [9.17, 15) is 4.79 Å². The van der Waals surface area contributed by atoms with Crippen molar-refractivity contribution in [3.05, 3.63) is 64.9 Å². The van der Waals surface area contributed by atoms with E-state index in [4.69, 9.17) is 16.1 Å².